The van der Waals surface area contributed by atoms with Gasteiger partial charge in [0.05, 0.1) is 23.4 Å². The monoisotopic (exact) mass is 266 g/mol. The molecule has 4 nitrogen and oxygen atoms in total. The first-order valence-corrected chi connectivity index (χ1v) is 5.68. The number of aliphatic carboxylic acids is 1. The van der Waals surface area contributed by atoms with Crippen molar-refractivity contribution >= 4 is 5.97 Å². The van der Waals surface area contributed by atoms with Crippen molar-refractivity contribution < 1.29 is 18.7 Å². The zero-order valence-corrected chi connectivity index (χ0v) is 10.2. The first-order chi connectivity index (χ1) is 8.99. The van der Waals surface area contributed by atoms with Crippen LogP contribution in [-0.4, -0.2) is 20.9 Å². The Morgan fingerprint density at radius 3 is 2.58 bits per heavy atom. The number of aryl methyl sites for hydroxylation is 2. The van der Waals surface area contributed by atoms with Gasteiger partial charge in [0.25, 0.3) is 0 Å². The summed E-state index contributed by atoms with van der Waals surface area (Å²) in [5, 5.41) is 12.7. The van der Waals surface area contributed by atoms with E-state index in [1.54, 1.807) is 7.05 Å². The van der Waals surface area contributed by atoms with Crippen LogP contribution in [0.25, 0.3) is 11.3 Å². The first kappa shape index (κ1) is 13.2. The standard InChI is InChI=1S/C13H12F2N2O2/c1-17-11(7-8(16-17)5-6-12(18)19)13-9(14)3-2-4-10(13)15/h2-4,7H,5-6H2,1H3,(H,18,19). The molecule has 2 aromatic rings. The second-order valence-electron chi connectivity index (χ2n) is 4.13. The lowest BCUT2D eigenvalue weighted by Gasteiger charge is -2.04. The third-order valence-electron chi connectivity index (χ3n) is 2.74. The fourth-order valence-corrected chi connectivity index (χ4v) is 1.86. The molecule has 0 aliphatic heterocycles. The van der Waals surface area contributed by atoms with Gasteiger partial charge in [-0.25, -0.2) is 8.78 Å². The highest BCUT2D eigenvalue weighted by molar-refractivity contribution is 5.67. The van der Waals surface area contributed by atoms with Crippen molar-refractivity contribution in [1.29, 1.82) is 0 Å². The van der Waals surface area contributed by atoms with Crippen molar-refractivity contribution in [3.63, 3.8) is 0 Å². The summed E-state index contributed by atoms with van der Waals surface area (Å²) in [4.78, 5) is 10.5. The Morgan fingerprint density at radius 2 is 2.00 bits per heavy atom. The van der Waals surface area contributed by atoms with Crippen LogP contribution in [-0.2, 0) is 18.3 Å². The van der Waals surface area contributed by atoms with E-state index in [4.69, 9.17) is 5.11 Å². The summed E-state index contributed by atoms with van der Waals surface area (Å²) in [6.07, 6.45) is 0.148. The van der Waals surface area contributed by atoms with Crippen LogP contribution in [0, 0.1) is 11.6 Å². The van der Waals surface area contributed by atoms with Crippen molar-refractivity contribution in [3.05, 3.63) is 41.6 Å². The van der Waals surface area contributed by atoms with Gasteiger partial charge >= 0.3 is 5.97 Å². The predicted molar refractivity (Wildman–Crippen MR) is 64.5 cm³/mol. The van der Waals surface area contributed by atoms with Gasteiger partial charge in [0.15, 0.2) is 0 Å². The zero-order chi connectivity index (χ0) is 14.0. The van der Waals surface area contributed by atoms with Crippen LogP contribution in [0.15, 0.2) is 24.3 Å². The number of carbonyl (C=O) groups is 1. The molecule has 0 spiro atoms. The highest BCUT2D eigenvalue weighted by Crippen LogP contribution is 2.26. The predicted octanol–water partition coefficient (Wildman–Crippen LogP) is 2.38. The lowest BCUT2D eigenvalue weighted by atomic mass is 10.1. The topological polar surface area (TPSA) is 55.1 Å². The number of carboxylic acids is 1. The maximum atomic E-state index is 13.7. The molecule has 0 atom stereocenters. The van der Waals surface area contributed by atoms with Crippen molar-refractivity contribution in [2.75, 3.05) is 0 Å². The maximum Gasteiger partial charge on any atom is 0.303 e. The molecule has 0 amide bonds. The van der Waals surface area contributed by atoms with E-state index in [1.165, 1.54) is 28.9 Å². The highest BCUT2D eigenvalue weighted by Gasteiger charge is 2.16. The van der Waals surface area contributed by atoms with Crippen LogP contribution in [0.2, 0.25) is 0 Å². The molecule has 0 unspecified atom stereocenters. The van der Waals surface area contributed by atoms with Crippen molar-refractivity contribution in [2.24, 2.45) is 7.05 Å². The second kappa shape index (κ2) is 5.17. The summed E-state index contributed by atoms with van der Waals surface area (Å²) >= 11 is 0. The molecule has 0 aliphatic carbocycles. The van der Waals surface area contributed by atoms with Crippen LogP contribution in [0.5, 0.6) is 0 Å². The lowest BCUT2D eigenvalue weighted by molar-refractivity contribution is -0.136. The molecule has 6 heteroatoms. The van der Waals surface area contributed by atoms with Crippen LogP contribution >= 0.6 is 0 Å². The Kier molecular flexibility index (Phi) is 3.59. The lowest BCUT2D eigenvalue weighted by Crippen LogP contribution is -2.00. The Balaban J connectivity index is 2.38. The summed E-state index contributed by atoms with van der Waals surface area (Å²) in [7, 11) is 1.56. The van der Waals surface area contributed by atoms with Crippen molar-refractivity contribution in [1.82, 2.24) is 9.78 Å². The minimum atomic E-state index is -0.940. The molecule has 1 N–H and O–H groups in total. The third kappa shape index (κ3) is 2.78. The number of halogens is 2. The molecule has 1 heterocycles. The summed E-state index contributed by atoms with van der Waals surface area (Å²) in [6, 6.07) is 5.13. The largest absolute Gasteiger partial charge is 0.481 e. The second-order valence-corrected chi connectivity index (χ2v) is 4.13. The number of hydrogen-bond donors (Lipinski definition) is 1. The molecule has 19 heavy (non-hydrogen) atoms. The van der Waals surface area contributed by atoms with E-state index in [2.05, 4.69) is 5.10 Å². The van der Waals surface area contributed by atoms with Crippen molar-refractivity contribution in [3.8, 4) is 11.3 Å². The Labute approximate surface area is 108 Å². The minimum absolute atomic E-state index is 0.0732. The average molecular weight is 266 g/mol. The number of carboxylic acid groups (broad SMARTS) is 1. The number of hydrogen-bond acceptors (Lipinski definition) is 2. The molecule has 100 valence electrons. The third-order valence-corrected chi connectivity index (χ3v) is 2.74. The summed E-state index contributed by atoms with van der Waals surface area (Å²) < 4.78 is 28.7. The van der Waals surface area contributed by atoms with Gasteiger partial charge in [0.1, 0.15) is 11.6 Å². The maximum absolute atomic E-state index is 13.7. The van der Waals surface area contributed by atoms with E-state index in [9.17, 15) is 13.6 Å². The Morgan fingerprint density at radius 1 is 1.37 bits per heavy atom. The van der Waals surface area contributed by atoms with E-state index >= 15 is 0 Å². The van der Waals surface area contributed by atoms with Gasteiger partial charge in [0.2, 0.25) is 0 Å². The summed E-state index contributed by atoms with van der Waals surface area (Å²) in [5.41, 5.74) is 0.623. The molecule has 0 bridgehead atoms. The van der Waals surface area contributed by atoms with E-state index in [0.717, 1.165) is 0 Å². The van der Waals surface area contributed by atoms with E-state index in [1.807, 2.05) is 0 Å². The van der Waals surface area contributed by atoms with E-state index < -0.39 is 17.6 Å². The quantitative estimate of drug-likeness (QED) is 0.924. The molecule has 1 aromatic carbocycles. The highest BCUT2D eigenvalue weighted by atomic mass is 19.1. The number of aromatic nitrogens is 2. The normalized spacial score (nSPS) is 10.7. The number of rotatable bonds is 4. The molecule has 0 radical (unpaired) electrons. The minimum Gasteiger partial charge on any atom is -0.481 e. The van der Waals surface area contributed by atoms with Crippen molar-refractivity contribution in [2.45, 2.75) is 12.8 Å². The average Bonchev–Trinajstić information content (AvgIpc) is 2.68. The molecule has 0 fully saturated rings. The van der Waals surface area contributed by atoms with E-state index in [-0.39, 0.29) is 24.1 Å². The Hall–Kier alpha value is -2.24. The van der Waals surface area contributed by atoms with Gasteiger partial charge in [-0.15, -0.1) is 0 Å². The summed E-state index contributed by atoms with van der Waals surface area (Å²) in [5.74, 6) is -2.29. The number of benzene rings is 1. The fraction of sp³-hybridized carbons (Fsp3) is 0.231. The zero-order valence-electron chi connectivity index (χ0n) is 10.2. The molecule has 0 saturated heterocycles. The Bertz CT molecular complexity index is 603. The van der Waals surface area contributed by atoms with Crippen LogP contribution in [0.3, 0.4) is 0 Å². The van der Waals surface area contributed by atoms with Gasteiger partial charge in [-0.1, -0.05) is 6.07 Å². The van der Waals surface area contributed by atoms with Crippen LogP contribution in [0.1, 0.15) is 12.1 Å². The smallest absolute Gasteiger partial charge is 0.303 e. The molecular formula is C13H12F2N2O2. The first-order valence-electron chi connectivity index (χ1n) is 5.68. The van der Waals surface area contributed by atoms with Gasteiger partial charge < -0.3 is 5.11 Å². The van der Waals surface area contributed by atoms with Gasteiger partial charge in [0, 0.05) is 13.5 Å². The van der Waals surface area contributed by atoms with E-state index in [0.29, 0.717) is 5.69 Å². The molecule has 0 aliphatic rings. The van der Waals surface area contributed by atoms with Gasteiger partial charge in [-0.2, -0.15) is 5.10 Å². The van der Waals surface area contributed by atoms with Crippen LogP contribution in [0.4, 0.5) is 8.78 Å². The SMILES string of the molecule is Cn1nc(CCC(=O)O)cc1-c1c(F)cccc1F. The molecule has 0 saturated carbocycles. The van der Waals surface area contributed by atoms with Crippen LogP contribution < -0.4 is 0 Å². The molecular weight excluding hydrogens is 254 g/mol. The molecule has 2 rings (SSSR count). The molecule has 1 aromatic heterocycles. The number of nitrogens with zero attached hydrogens (tertiary/aromatic N) is 2. The van der Waals surface area contributed by atoms with Gasteiger partial charge in [-0.3, -0.25) is 9.48 Å². The fourth-order valence-electron chi connectivity index (χ4n) is 1.86. The summed E-state index contributed by atoms with van der Waals surface area (Å²) in [6.45, 7) is 0. The van der Waals surface area contributed by atoms with Gasteiger partial charge in [-0.05, 0) is 18.2 Å².